The van der Waals surface area contributed by atoms with E-state index < -0.39 is 11.8 Å². The van der Waals surface area contributed by atoms with E-state index in [1.165, 1.54) is 19.8 Å². The Morgan fingerprint density at radius 1 is 1.11 bits per heavy atom. The Kier molecular flexibility index (Phi) is 4.54. The molecule has 0 fully saturated rings. The minimum absolute atomic E-state index is 0.00730. The number of rotatable bonds is 2. The highest BCUT2D eigenvalue weighted by molar-refractivity contribution is 5.82. The molecule has 0 saturated carbocycles. The fourth-order valence-corrected chi connectivity index (χ4v) is 2.32. The zero-order valence-electron chi connectivity index (χ0n) is 11.8. The van der Waals surface area contributed by atoms with Crippen molar-refractivity contribution in [2.45, 2.75) is 33.6 Å². The number of methoxy groups -OCH3 is 2. The van der Waals surface area contributed by atoms with Crippen molar-refractivity contribution in [1.29, 1.82) is 0 Å². The summed E-state index contributed by atoms with van der Waals surface area (Å²) >= 11 is 0. The fraction of sp³-hybridized carbons (Fsp3) is 0.714. The first-order valence-electron chi connectivity index (χ1n) is 6.16. The first kappa shape index (κ1) is 14.7. The molecule has 1 aliphatic rings. The number of carbonyl (C=O) groups excluding carboxylic acids is 2. The van der Waals surface area contributed by atoms with Gasteiger partial charge in [0.2, 0.25) is 0 Å². The van der Waals surface area contributed by atoms with Crippen LogP contribution < -0.4 is 0 Å². The molecule has 0 bridgehead atoms. The molecule has 0 N–H and O–H groups in total. The van der Waals surface area contributed by atoms with Crippen LogP contribution in [0.15, 0.2) is 11.6 Å². The van der Waals surface area contributed by atoms with Gasteiger partial charge in [0.25, 0.3) is 0 Å². The Balaban J connectivity index is 2.98. The standard InChI is InChI=1S/C14H22O4/c1-14(2,3)9-6-7-10(12(15)17-4)11(8-9)13(16)18-5/h6,10-11H,7-8H2,1-5H3. The first-order valence-corrected chi connectivity index (χ1v) is 6.16. The molecule has 4 nitrogen and oxygen atoms in total. The number of carbonyl (C=O) groups is 2. The fourth-order valence-electron chi connectivity index (χ4n) is 2.32. The van der Waals surface area contributed by atoms with E-state index in [9.17, 15) is 9.59 Å². The van der Waals surface area contributed by atoms with Gasteiger partial charge in [-0.25, -0.2) is 0 Å². The smallest absolute Gasteiger partial charge is 0.309 e. The van der Waals surface area contributed by atoms with Gasteiger partial charge in [-0.3, -0.25) is 9.59 Å². The van der Waals surface area contributed by atoms with Crippen LogP contribution in [-0.2, 0) is 19.1 Å². The van der Waals surface area contributed by atoms with Crippen molar-refractivity contribution >= 4 is 11.9 Å². The van der Waals surface area contributed by atoms with Crippen molar-refractivity contribution in [3.63, 3.8) is 0 Å². The lowest BCUT2D eigenvalue weighted by Crippen LogP contribution is -2.35. The molecule has 0 aromatic carbocycles. The maximum Gasteiger partial charge on any atom is 0.309 e. The minimum atomic E-state index is -0.429. The third kappa shape index (κ3) is 3.12. The molecule has 0 heterocycles. The number of allylic oxidation sites excluding steroid dienone is 2. The van der Waals surface area contributed by atoms with Gasteiger partial charge < -0.3 is 9.47 Å². The Morgan fingerprint density at radius 3 is 2.06 bits per heavy atom. The summed E-state index contributed by atoms with van der Waals surface area (Å²) in [6.07, 6.45) is 3.16. The van der Waals surface area contributed by atoms with Crippen molar-refractivity contribution in [3.05, 3.63) is 11.6 Å². The summed E-state index contributed by atoms with van der Waals surface area (Å²) in [6, 6.07) is 0. The van der Waals surface area contributed by atoms with Crippen molar-refractivity contribution in [1.82, 2.24) is 0 Å². The van der Waals surface area contributed by atoms with E-state index in [-0.39, 0.29) is 17.4 Å². The highest BCUT2D eigenvalue weighted by atomic mass is 16.5. The molecule has 4 heteroatoms. The second-order valence-electron chi connectivity index (χ2n) is 5.68. The molecule has 2 unspecified atom stereocenters. The quantitative estimate of drug-likeness (QED) is 0.560. The van der Waals surface area contributed by atoms with Crippen molar-refractivity contribution < 1.29 is 19.1 Å². The second-order valence-corrected chi connectivity index (χ2v) is 5.68. The van der Waals surface area contributed by atoms with E-state index in [1.54, 1.807) is 0 Å². The number of hydrogen-bond acceptors (Lipinski definition) is 4. The molecule has 102 valence electrons. The summed E-state index contributed by atoms with van der Waals surface area (Å²) in [4.78, 5) is 23.5. The molecule has 1 aliphatic carbocycles. The molecular weight excluding hydrogens is 232 g/mol. The largest absolute Gasteiger partial charge is 0.469 e. The van der Waals surface area contributed by atoms with Crippen molar-refractivity contribution in [2.75, 3.05) is 14.2 Å². The summed E-state index contributed by atoms with van der Waals surface area (Å²) in [5, 5.41) is 0. The topological polar surface area (TPSA) is 52.6 Å². The van der Waals surface area contributed by atoms with Gasteiger partial charge in [0, 0.05) is 0 Å². The molecule has 0 radical (unpaired) electrons. The van der Waals surface area contributed by atoms with Crippen LogP contribution in [0, 0.1) is 17.3 Å². The van der Waals surface area contributed by atoms with Crippen molar-refractivity contribution in [2.24, 2.45) is 17.3 Å². The van der Waals surface area contributed by atoms with Gasteiger partial charge in [0.1, 0.15) is 0 Å². The average molecular weight is 254 g/mol. The second kappa shape index (κ2) is 5.55. The molecule has 2 atom stereocenters. The third-order valence-electron chi connectivity index (χ3n) is 3.51. The van der Waals surface area contributed by atoms with E-state index in [4.69, 9.17) is 9.47 Å². The summed E-state index contributed by atoms with van der Waals surface area (Å²) in [5.74, 6) is -1.52. The lowest BCUT2D eigenvalue weighted by molar-refractivity contribution is -0.157. The van der Waals surface area contributed by atoms with Crippen LogP contribution in [-0.4, -0.2) is 26.2 Å². The predicted molar refractivity (Wildman–Crippen MR) is 67.8 cm³/mol. The van der Waals surface area contributed by atoms with Crippen molar-refractivity contribution in [3.8, 4) is 0 Å². The Labute approximate surface area is 108 Å². The van der Waals surface area contributed by atoms with Crippen LogP contribution >= 0.6 is 0 Å². The van der Waals surface area contributed by atoms with E-state index in [2.05, 4.69) is 26.8 Å². The van der Waals surface area contributed by atoms with Crippen LogP contribution in [0.25, 0.3) is 0 Å². The van der Waals surface area contributed by atoms with Crippen LogP contribution in [0.3, 0.4) is 0 Å². The normalized spacial score (nSPS) is 24.2. The van der Waals surface area contributed by atoms with Gasteiger partial charge in [-0.1, -0.05) is 32.4 Å². The van der Waals surface area contributed by atoms with Gasteiger partial charge in [-0.2, -0.15) is 0 Å². The number of esters is 2. The number of ether oxygens (including phenoxy) is 2. The van der Waals surface area contributed by atoms with Gasteiger partial charge >= 0.3 is 11.9 Å². The molecule has 0 spiro atoms. The van der Waals surface area contributed by atoms with E-state index in [0.717, 1.165) is 0 Å². The van der Waals surface area contributed by atoms with Gasteiger partial charge in [0.15, 0.2) is 0 Å². The van der Waals surface area contributed by atoms with Gasteiger partial charge in [0.05, 0.1) is 26.1 Å². The van der Waals surface area contributed by atoms with E-state index >= 15 is 0 Å². The molecule has 0 saturated heterocycles. The molecule has 0 aromatic heterocycles. The molecule has 1 rings (SSSR count). The van der Waals surface area contributed by atoms with Gasteiger partial charge in [-0.15, -0.1) is 0 Å². The zero-order chi connectivity index (χ0) is 13.9. The number of hydrogen-bond donors (Lipinski definition) is 0. The van der Waals surface area contributed by atoms with Crippen LogP contribution in [0.5, 0.6) is 0 Å². The predicted octanol–water partition coefficient (Wildman–Crippen LogP) is 2.33. The van der Waals surface area contributed by atoms with Crippen LogP contribution in [0.1, 0.15) is 33.6 Å². The molecule has 0 amide bonds. The van der Waals surface area contributed by atoms with Gasteiger partial charge in [-0.05, 0) is 18.3 Å². The Morgan fingerprint density at radius 2 is 1.61 bits per heavy atom. The van der Waals surface area contributed by atoms with E-state index in [0.29, 0.717) is 12.8 Å². The maximum absolute atomic E-state index is 11.8. The minimum Gasteiger partial charge on any atom is -0.469 e. The molecule has 0 aromatic rings. The maximum atomic E-state index is 11.8. The highest BCUT2D eigenvalue weighted by Gasteiger charge is 2.39. The molecule has 0 aliphatic heterocycles. The first-order chi connectivity index (χ1) is 8.31. The van der Waals surface area contributed by atoms with E-state index in [1.807, 2.05) is 0 Å². The zero-order valence-corrected chi connectivity index (χ0v) is 11.8. The lowest BCUT2D eigenvalue weighted by atomic mass is 9.72. The average Bonchev–Trinajstić information content (AvgIpc) is 2.35. The Bertz CT molecular complexity index is 362. The summed E-state index contributed by atoms with van der Waals surface area (Å²) in [7, 11) is 2.70. The SMILES string of the molecule is COC(=O)C1CC=C(C(C)(C)C)CC1C(=O)OC. The van der Waals surface area contributed by atoms with Crippen LogP contribution in [0.2, 0.25) is 0 Å². The third-order valence-corrected chi connectivity index (χ3v) is 3.51. The Hall–Kier alpha value is -1.32. The van der Waals surface area contributed by atoms with Crippen LogP contribution in [0.4, 0.5) is 0 Å². The lowest BCUT2D eigenvalue weighted by Gasteiger charge is -2.33. The summed E-state index contributed by atoms with van der Waals surface area (Å²) < 4.78 is 9.56. The highest BCUT2D eigenvalue weighted by Crippen LogP contribution is 2.39. The molecule has 18 heavy (non-hydrogen) atoms. The summed E-state index contributed by atoms with van der Waals surface area (Å²) in [5.41, 5.74) is 1.20. The monoisotopic (exact) mass is 254 g/mol. The summed E-state index contributed by atoms with van der Waals surface area (Å²) in [6.45, 7) is 6.31. The molecular formula is C14H22O4.